The molecule has 3 aromatic rings. The van der Waals surface area contributed by atoms with Gasteiger partial charge >= 0.3 is 0 Å². The number of carbonyl (C=O) groups is 1. The summed E-state index contributed by atoms with van der Waals surface area (Å²) >= 11 is 0. The predicted octanol–water partition coefficient (Wildman–Crippen LogP) is 2.28. The van der Waals surface area contributed by atoms with Crippen LogP contribution in [0.2, 0.25) is 0 Å². The predicted molar refractivity (Wildman–Crippen MR) is 101 cm³/mol. The Labute approximate surface area is 151 Å². The Morgan fingerprint density at radius 1 is 1.08 bits per heavy atom. The lowest BCUT2D eigenvalue weighted by Gasteiger charge is -2.16. The first-order chi connectivity index (χ1) is 12.3. The maximum atomic E-state index is 13.0. The smallest absolute Gasteiger partial charge is 0.295 e. The van der Waals surface area contributed by atoms with Crippen LogP contribution in [0, 0.1) is 13.8 Å². The molecular weight excluding hydrogens is 330 g/mol. The first-order valence-corrected chi connectivity index (χ1v) is 8.65. The number of aromatic nitrogens is 4. The van der Waals surface area contributed by atoms with Crippen LogP contribution in [0.25, 0.3) is 16.6 Å². The third kappa shape index (κ3) is 3.00. The Balaban J connectivity index is 2.17. The zero-order valence-electron chi connectivity index (χ0n) is 15.6. The van der Waals surface area contributed by atoms with E-state index in [0.29, 0.717) is 11.2 Å². The second-order valence-corrected chi connectivity index (χ2v) is 6.73. The summed E-state index contributed by atoms with van der Waals surface area (Å²) < 4.78 is 2.96. The van der Waals surface area contributed by atoms with Crippen LogP contribution in [0.3, 0.4) is 0 Å². The highest BCUT2D eigenvalue weighted by molar-refractivity contribution is 5.84. The molecule has 0 aliphatic rings. The number of benzene rings is 1. The number of amides is 1. The molecule has 7 nitrogen and oxygen atoms in total. The molecule has 1 amide bonds. The highest BCUT2D eigenvalue weighted by Gasteiger charge is 2.23. The molecular formula is C19H23N5O2. The average Bonchev–Trinajstić information content (AvgIpc) is 2.96. The van der Waals surface area contributed by atoms with Gasteiger partial charge in [-0.05, 0) is 46.8 Å². The summed E-state index contributed by atoms with van der Waals surface area (Å²) in [6.07, 6.45) is 0. The fourth-order valence-corrected chi connectivity index (χ4v) is 3.05. The van der Waals surface area contributed by atoms with Gasteiger partial charge in [0.25, 0.3) is 5.56 Å². The van der Waals surface area contributed by atoms with Crippen LogP contribution < -0.4 is 10.9 Å². The Morgan fingerprint density at radius 2 is 1.73 bits per heavy atom. The van der Waals surface area contributed by atoms with E-state index in [4.69, 9.17) is 0 Å². The van der Waals surface area contributed by atoms with Crippen molar-refractivity contribution in [2.75, 3.05) is 0 Å². The van der Waals surface area contributed by atoms with Gasteiger partial charge in [-0.15, -0.1) is 0 Å². The van der Waals surface area contributed by atoms with Crippen molar-refractivity contribution < 1.29 is 4.79 Å². The summed E-state index contributed by atoms with van der Waals surface area (Å²) in [6, 6.07) is 8.90. The van der Waals surface area contributed by atoms with Crippen LogP contribution in [-0.4, -0.2) is 31.5 Å². The SMILES string of the molecule is Cc1nn([C@@H](C)C(=O)NC(C)C)c(=O)c2nn(-c3ccccc3)c(C)c12. The topological polar surface area (TPSA) is 81.8 Å². The molecule has 26 heavy (non-hydrogen) atoms. The van der Waals surface area contributed by atoms with Gasteiger partial charge in [-0.1, -0.05) is 18.2 Å². The maximum absolute atomic E-state index is 13.0. The zero-order chi connectivity index (χ0) is 19.0. The molecule has 0 unspecified atom stereocenters. The standard InChI is InChI=1S/C19H23N5O2/c1-11(2)20-18(25)14(5)24-19(26)17-16(12(3)21-24)13(4)23(22-17)15-9-7-6-8-10-15/h6-11,14H,1-5H3,(H,20,25)/t14-/m0/s1. The van der Waals surface area contributed by atoms with Gasteiger partial charge in [0.1, 0.15) is 6.04 Å². The fraction of sp³-hybridized carbons (Fsp3) is 0.368. The molecule has 136 valence electrons. The minimum Gasteiger partial charge on any atom is -0.352 e. The van der Waals surface area contributed by atoms with Crippen molar-refractivity contribution in [2.45, 2.75) is 46.7 Å². The minimum absolute atomic E-state index is 0.00925. The van der Waals surface area contributed by atoms with E-state index in [1.54, 1.807) is 11.6 Å². The van der Waals surface area contributed by atoms with E-state index < -0.39 is 6.04 Å². The van der Waals surface area contributed by atoms with Gasteiger partial charge in [-0.25, -0.2) is 9.36 Å². The molecule has 1 N–H and O–H groups in total. The fourth-order valence-electron chi connectivity index (χ4n) is 3.05. The second kappa shape index (κ2) is 6.74. The van der Waals surface area contributed by atoms with Crippen molar-refractivity contribution in [1.29, 1.82) is 0 Å². The third-order valence-electron chi connectivity index (χ3n) is 4.32. The number of hydrogen-bond acceptors (Lipinski definition) is 4. The van der Waals surface area contributed by atoms with E-state index >= 15 is 0 Å². The molecule has 0 spiro atoms. The summed E-state index contributed by atoms with van der Waals surface area (Å²) in [5.74, 6) is -0.243. The van der Waals surface area contributed by atoms with E-state index in [1.807, 2.05) is 58.0 Å². The molecule has 0 aliphatic carbocycles. The second-order valence-electron chi connectivity index (χ2n) is 6.73. The van der Waals surface area contributed by atoms with Crippen molar-refractivity contribution in [3.05, 3.63) is 52.1 Å². The molecule has 0 bridgehead atoms. The number of nitrogens with one attached hydrogen (secondary N) is 1. The van der Waals surface area contributed by atoms with Crippen LogP contribution in [0.15, 0.2) is 35.1 Å². The van der Waals surface area contributed by atoms with Gasteiger partial charge in [-0.3, -0.25) is 9.59 Å². The van der Waals surface area contributed by atoms with Crippen LogP contribution in [0.4, 0.5) is 0 Å². The van der Waals surface area contributed by atoms with Crippen molar-refractivity contribution in [1.82, 2.24) is 24.9 Å². The molecule has 0 radical (unpaired) electrons. The van der Waals surface area contributed by atoms with Crippen LogP contribution >= 0.6 is 0 Å². The molecule has 1 aromatic carbocycles. The van der Waals surface area contributed by atoms with Crippen LogP contribution in [0.1, 0.15) is 38.2 Å². The largest absolute Gasteiger partial charge is 0.352 e. The Kier molecular flexibility index (Phi) is 4.63. The lowest BCUT2D eigenvalue weighted by Crippen LogP contribution is -2.40. The van der Waals surface area contributed by atoms with Crippen molar-refractivity contribution in [3.8, 4) is 5.69 Å². The van der Waals surface area contributed by atoms with Crippen LogP contribution in [0.5, 0.6) is 0 Å². The number of nitrogens with zero attached hydrogens (tertiary/aromatic N) is 4. The van der Waals surface area contributed by atoms with Gasteiger partial charge in [0.05, 0.1) is 22.5 Å². The average molecular weight is 353 g/mol. The summed E-state index contributed by atoms with van der Waals surface area (Å²) in [5, 5.41) is 12.4. The molecule has 3 rings (SSSR count). The van der Waals surface area contributed by atoms with Gasteiger partial charge in [0.15, 0.2) is 5.52 Å². The van der Waals surface area contributed by atoms with Gasteiger partial charge in [0.2, 0.25) is 5.91 Å². The van der Waals surface area contributed by atoms with Crippen molar-refractivity contribution in [2.24, 2.45) is 0 Å². The third-order valence-corrected chi connectivity index (χ3v) is 4.32. The number of rotatable bonds is 4. The Hall–Kier alpha value is -2.96. The molecule has 2 heterocycles. The number of hydrogen-bond donors (Lipinski definition) is 1. The molecule has 0 saturated carbocycles. The van der Waals surface area contributed by atoms with E-state index in [0.717, 1.165) is 16.8 Å². The first kappa shape index (κ1) is 17.8. The summed E-state index contributed by atoms with van der Waals surface area (Å²) in [6.45, 7) is 9.16. The molecule has 2 aromatic heterocycles. The minimum atomic E-state index is -0.713. The Morgan fingerprint density at radius 3 is 2.35 bits per heavy atom. The highest BCUT2D eigenvalue weighted by atomic mass is 16.2. The molecule has 7 heteroatoms. The lowest BCUT2D eigenvalue weighted by molar-refractivity contribution is -0.124. The van der Waals surface area contributed by atoms with Gasteiger partial charge in [0, 0.05) is 6.04 Å². The summed E-state index contributed by atoms with van der Waals surface area (Å²) in [4.78, 5) is 25.3. The number of carbonyl (C=O) groups excluding carboxylic acids is 1. The number of aryl methyl sites for hydroxylation is 2. The highest BCUT2D eigenvalue weighted by Crippen LogP contribution is 2.21. The van der Waals surface area contributed by atoms with Gasteiger partial charge < -0.3 is 5.32 Å². The lowest BCUT2D eigenvalue weighted by atomic mass is 10.2. The maximum Gasteiger partial charge on any atom is 0.295 e. The van der Waals surface area contributed by atoms with E-state index in [-0.39, 0.29) is 17.5 Å². The van der Waals surface area contributed by atoms with Crippen molar-refractivity contribution in [3.63, 3.8) is 0 Å². The number of fused-ring (bicyclic) bond motifs is 1. The Bertz CT molecular complexity index is 1020. The molecule has 0 aliphatic heterocycles. The normalized spacial score (nSPS) is 12.5. The van der Waals surface area contributed by atoms with E-state index in [2.05, 4.69) is 15.5 Å². The van der Waals surface area contributed by atoms with E-state index in [1.165, 1.54) is 4.68 Å². The summed E-state index contributed by atoms with van der Waals surface area (Å²) in [7, 11) is 0. The zero-order valence-corrected chi connectivity index (χ0v) is 15.6. The number of para-hydroxylation sites is 1. The van der Waals surface area contributed by atoms with Crippen LogP contribution in [-0.2, 0) is 4.79 Å². The van der Waals surface area contributed by atoms with E-state index in [9.17, 15) is 9.59 Å². The quantitative estimate of drug-likeness (QED) is 0.780. The molecule has 0 saturated heterocycles. The molecule has 1 atom stereocenters. The first-order valence-electron chi connectivity index (χ1n) is 8.65. The molecule has 0 fully saturated rings. The van der Waals surface area contributed by atoms with Gasteiger partial charge in [-0.2, -0.15) is 10.2 Å². The monoisotopic (exact) mass is 353 g/mol. The summed E-state index contributed by atoms with van der Waals surface area (Å²) in [5.41, 5.74) is 2.35. The van der Waals surface area contributed by atoms with Crippen molar-refractivity contribution >= 4 is 16.8 Å².